The molecule has 0 spiro atoms. The molecule has 3 aromatic rings. The molecule has 1 aliphatic heterocycles. The molecule has 174 valence electrons. The Morgan fingerprint density at radius 2 is 1.76 bits per heavy atom. The summed E-state index contributed by atoms with van der Waals surface area (Å²) in [6, 6.07) is 20.5. The van der Waals surface area contributed by atoms with Crippen LogP contribution < -0.4 is 9.47 Å². The van der Waals surface area contributed by atoms with Gasteiger partial charge in [-0.3, -0.25) is 14.5 Å². The third-order valence-electron chi connectivity index (χ3n) is 4.98. The Morgan fingerprint density at radius 3 is 2.50 bits per heavy atom. The first-order valence-electron chi connectivity index (χ1n) is 10.6. The van der Waals surface area contributed by atoms with Crippen LogP contribution in [0.2, 0.25) is 5.02 Å². The van der Waals surface area contributed by atoms with E-state index in [1.807, 2.05) is 55.5 Å². The Morgan fingerprint density at radius 1 is 0.971 bits per heavy atom. The summed E-state index contributed by atoms with van der Waals surface area (Å²) in [5.74, 6) is 0.853. The molecule has 1 saturated heterocycles. The third kappa shape index (κ3) is 6.03. The Kier molecular flexibility index (Phi) is 7.98. The lowest BCUT2D eigenvalue weighted by molar-refractivity contribution is -0.123. The molecule has 0 bridgehead atoms. The van der Waals surface area contributed by atoms with E-state index in [-0.39, 0.29) is 17.7 Å². The predicted octanol–water partition coefficient (Wildman–Crippen LogP) is 7.32. The second kappa shape index (κ2) is 11.1. The highest BCUT2D eigenvalue weighted by Gasteiger charge is 2.35. The third-order valence-corrected chi connectivity index (χ3v) is 6.65. The van der Waals surface area contributed by atoms with Gasteiger partial charge in [-0.15, -0.1) is 0 Å². The van der Waals surface area contributed by atoms with Crippen LogP contribution in [0.5, 0.6) is 11.5 Å². The van der Waals surface area contributed by atoms with Crippen molar-refractivity contribution in [2.75, 3.05) is 6.61 Å². The van der Waals surface area contributed by atoms with Gasteiger partial charge in [0.1, 0.15) is 6.61 Å². The van der Waals surface area contributed by atoms with Crippen LogP contribution in [0.15, 0.2) is 76.1 Å². The SMILES string of the molecule is CCOc1cc(/C=C2\SC(=O)N(Cc3cccc(Cl)c3)C2=O)ccc1OCc1ccc(Br)cc1. The van der Waals surface area contributed by atoms with E-state index in [9.17, 15) is 9.59 Å². The molecule has 1 aliphatic rings. The van der Waals surface area contributed by atoms with Crippen molar-refractivity contribution in [1.29, 1.82) is 0 Å². The number of amides is 2. The number of imide groups is 1. The molecule has 0 saturated carbocycles. The van der Waals surface area contributed by atoms with E-state index in [4.69, 9.17) is 21.1 Å². The molecule has 0 atom stereocenters. The first-order valence-corrected chi connectivity index (χ1v) is 12.6. The molecule has 1 fully saturated rings. The molecule has 34 heavy (non-hydrogen) atoms. The largest absolute Gasteiger partial charge is 0.490 e. The number of hydrogen-bond donors (Lipinski definition) is 0. The number of hydrogen-bond acceptors (Lipinski definition) is 5. The van der Waals surface area contributed by atoms with Gasteiger partial charge in [-0.2, -0.15) is 0 Å². The summed E-state index contributed by atoms with van der Waals surface area (Å²) in [6.07, 6.45) is 1.70. The highest BCUT2D eigenvalue weighted by atomic mass is 79.9. The summed E-state index contributed by atoms with van der Waals surface area (Å²) in [4.78, 5) is 27.0. The predicted molar refractivity (Wildman–Crippen MR) is 139 cm³/mol. The van der Waals surface area contributed by atoms with Gasteiger partial charge in [0.15, 0.2) is 11.5 Å². The first-order chi connectivity index (χ1) is 16.4. The number of ether oxygens (including phenoxy) is 2. The van der Waals surface area contributed by atoms with Crippen LogP contribution in [0.25, 0.3) is 6.08 Å². The molecule has 0 aromatic heterocycles. The van der Waals surface area contributed by atoms with Crippen molar-refractivity contribution >= 4 is 56.5 Å². The van der Waals surface area contributed by atoms with Gasteiger partial charge in [-0.25, -0.2) is 0 Å². The van der Waals surface area contributed by atoms with E-state index in [1.54, 1.807) is 24.3 Å². The highest BCUT2D eigenvalue weighted by molar-refractivity contribution is 9.10. The maximum absolute atomic E-state index is 12.9. The molecule has 4 rings (SSSR count). The average Bonchev–Trinajstić information content (AvgIpc) is 3.07. The molecule has 0 N–H and O–H groups in total. The molecule has 0 unspecified atom stereocenters. The van der Waals surface area contributed by atoms with Crippen LogP contribution in [0.3, 0.4) is 0 Å². The van der Waals surface area contributed by atoms with Crippen molar-refractivity contribution in [2.45, 2.75) is 20.1 Å². The number of nitrogens with zero attached hydrogens (tertiary/aromatic N) is 1. The summed E-state index contributed by atoms with van der Waals surface area (Å²) < 4.78 is 12.7. The van der Waals surface area contributed by atoms with Gasteiger partial charge in [-0.05, 0) is 77.9 Å². The van der Waals surface area contributed by atoms with Crippen molar-refractivity contribution in [1.82, 2.24) is 4.90 Å². The second-order valence-corrected chi connectivity index (χ2v) is 9.80. The van der Waals surface area contributed by atoms with Crippen LogP contribution in [0.4, 0.5) is 4.79 Å². The monoisotopic (exact) mass is 557 g/mol. The Bertz CT molecular complexity index is 1250. The molecular weight excluding hydrogens is 538 g/mol. The lowest BCUT2D eigenvalue weighted by atomic mass is 10.1. The number of carbonyl (C=O) groups is 2. The fraction of sp³-hybridized carbons (Fsp3) is 0.154. The van der Waals surface area contributed by atoms with Crippen molar-refractivity contribution in [2.24, 2.45) is 0 Å². The normalized spacial score (nSPS) is 14.7. The molecular formula is C26H21BrClNO4S. The maximum Gasteiger partial charge on any atom is 0.293 e. The van der Waals surface area contributed by atoms with E-state index in [0.29, 0.717) is 34.6 Å². The van der Waals surface area contributed by atoms with Crippen molar-refractivity contribution in [3.63, 3.8) is 0 Å². The fourth-order valence-electron chi connectivity index (χ4n) is 3.35. The molecule has 0 radical (unpaired) electrons. The second-order valence-electron chi connectivity index (χ2n) is 7.45. The highest BCUT2D eigenvalue weighted by Crippen LogP contribution is 2.35. The van der Waals surface area contributed by atoms with Crippen LogP contribution in [0, 0.1) is 0 Å². The van der Waals surface area contributed by atoms with Gasteiger partial charge in [0.2, 0.25) is 0 Å². The standard InChI is InChI=1S/C26H21BrClNO4S/c1-2-32-23-13-18(8-11-22(23)33-16-17-6-9-20(27)10-7-17)14-24-25(30)29(26(31)34-24)15-19-4-3-5-21(28)12-19/h3-14H,2,15-16H2,1H3/b24-14-. The summed E-state index contributed by atoms with van der Waals surface area (Å²) in [5.41, 5.74) is 2.57. The number of thioether (sulfide) groups is 1. The maximum atomic E-state index is 12.9. The number of carbonyl (C=O) groups excluding carboxylic acids is 2. The lowest BCUT2D eigenvalue weighted by Crippen LogP contribution is -2.27. The number of rotatable bonds is 8. The number of benzene rings is 3. The first kappa shape index (κ1) is 24.4. The minimum atomic E-state index is -0.330. The molecule has 5 nitrogen and oxygen atoms in total. The van der Waals surface area contributed by atoms with Gasteiger partial charge < -0.3 is 9.47 Å². The Balaban J connectivity index is 1.50. The molecule has 0 aliphatic carbocycles. The van der Waals surface area contributed by atoms with Crippen LogP contribution in [-0.2, 0) is 17.9 Å². The van der Waals surface area contributed by atoms with E-state index in [0.717, 1.165) is 32.9 Å². The average molecular weight is 559 g/mol. The Hall–Kier alpha value is -2.74. The van der Waals surface area contributed by atoms with Crippen molar-refractivity contribution < 1.29 is 19.1 Å². The molecule has 8 heteroatoms. The molecule has 1 heterocycles. The minimum absolute atomic E-state index is 0.176. The zero-order chi connectivity index (χ0) is 24.1. The van der Waals surface area contributed by atoms with E-state index >= 15 is 0 Å². The van der Waals surface area contributed by atoms with Crippen molar-refractivity contribution in [3.05, 3.63) is 97.8 Å². The van der Waals surface area contributed by atoms with Gasteiger partial charge in [0.25, 0.3) is 11.1 Å². The van der Waals surface area contributed by atoms with Crippen LogP contribution in [0.1, 0.15) is 23.6 Å². The molecule has 2 amide bonds. The number of halogens is 2. The summed E-state index contributed by atoms with van der Waals surface area (Å²) in [5, 5.41) is 0.251. The Labute approximate surface area is 215 Å². The van der Waals surface area contributed by atoms with Crippen molar-refractivity contribution in [3.8, 4) is 11.5 Å². The van der Waals surface area contributed by atoms with E-state index in [2.05, 4.69) is 15.9 Å². The zero-order valence-corrected chi connectivity index (χ0v) is 21.5. The minimum Gasteiger partial charge on any atom is -0.490 e. The van der Waals surface area contributed by atoms with Gasteiger partial charge in [-0.1, -0.05) is 57.9 Å². The molecule has 3 aromatic carbocycles. The zero-order valence-electron chi connectivity index (χ0n) is 18.3. The summed E-state index contributed by atoms with van der Waals surface area (Å²) >= 11 is 10.4. The van der Waals surface area contributed by atoms with Gasteiger partial charge in [0.05, 0.1) is 18.1 Å². The van der Waals surface area contributed by atoms with Gasteiger partial charge in [0, 0.05) is 9.50 Å². The smallest absolute Gasteiger partial charge is 0.293 e. The quantitative estimate of drug-likeness (QED) is 0.271. The topological polar surface area (TPSA) is 55.8 Å². The van der Waals surface area contributed by atoms with Gasteiger partial charge >= 0.3 is 0 Å². The lowest BCUT2D eigenvalue weighted by Gasteiger charge is -2.13. The summed E-state index contributed by atoms with van der Waals surface area (Å²) in [7, 11) is 0. The van der Waals surface area contributed by atoms with E-state index in [1.165, 1.54) is 4.90 Å². The van der Waals surface area contributed by atoms with E-state index < -0.39 is 0 Å². The fourth-order valence-corrected chi connectivity index (χ4v) is 4.66. The summed E-state index contributed by atoms with van der Waals surface area (Å²) in [6.45, 7) is 2.94. The van der Waals surface area contributed by atoms with Crippen LogP contribution >= 0.6 is 39.3 Å². The van der Waals surface area contributed by atoms with Crippen LogP contribution in [-0.4, -0.2) is 22.7 Å².